The van der Waals surface area contributed by atoms with Gasteiger partial charge in [-0.2, -0.15) is 4.98 Å². The molecule has 4 rings (SSSR count). The summed E-state index contributed by atoms with van der Waals surface area (Å²) in [6.45, 7) is 0. The van der Waals surface area contributed by atoms with Gasteiger partial charge in [0.15, 0.2) is 5.82 Å². The number of rotatable bonds is 5. The fraction of sp³-hybridized carbons (Fsp3) is 0. The smallest absolute Gasteiger partial charge is 0.247 e. The Morgan fingerprint density at radius 2 is 1.46 bits per heavy atom. The van der Waals surface area contributed by atoms with Crippen LogP contribution in [0.3, 0.4) is 0 Å². The fourth-order valence-electron chi connectivity index (χ4n) is 2.66. The minimum Gasteiger partial charge on any atom is -0.323 e. The normalized spacial score (nSPS) is 10.5. The summed E-state index contributed by atoms with van der Waals surface area (Å²) in [6, 6.07) is 27.0. The number of nitrogens with zero attached hydrogens (tertiary/aromatic N) is 3. The minimum absolute atomic E-state index is 0.492. The number of benzene rings is 3. The second-order valence-electron chi connectivity index (χ2n) is 5.74. The van der Waals surface area contributed by atoms with Gasteiger partial charge in [0.05, 0.1) is 5.69 Å². The molecule has 1 heterocycles. The van der Waals surface area contributed by atoms with E-state index in [9.17, 15) is 4.79 Å². The van der Waals surface area contributed by atoms with Crippen molar-refractivity contribution in [1.29, 1.82) is 0 Å². The summed E-state index contributed by atoms with van der Waals surface area (Å²) >= 11 is 0. The predicted octanol–water partition coefficient (Wildman–Crippen LogP) is 4.49. The van der Waals surface area contributed by atoms with E-state index >= 15 is 0 Å². The highest BCUT2D eigenvalue weighted by Gasteiger charge is 2.13. The van der Waals surface area contributed by atoms with Gasteiger partial charge in [-0.1, -0.05) is 48.5 Å². The van der Waals surface area contributed by atoms with Gasteiger partial charge in [0, 0.05) is 16.8 Å². The first-order valence-corrected chi connectivity index (χ1v) is 8.24. The van der Waals surface area contributed by atoms with Gasteiger partial charge in [0.25, 0.3) is 0 Å². The van der Waals surface area contributed by atoms with Crippen molar-refractivity contribution in [2.75, 3.05) is 5.32 Å². The molecule has 3 aromatic carbocycles. The third kappa shape index (κ3) is 3.23. The van der Waals surface area contributed by atoms with E-state index in [1.807, 2.05) is 77.5 Å². The zero-order valence-electron chi connectivity index (χ0n) is 13.9. The Balaban J connectivity index is 1.74. The van der Waals surface area contributed by atoms with Gasteiger partial charge < -0.3 is 5.32 Å². The molecule has 0 amide bonds. The van der Waals surface area contributed by atoms with Gasteiger partial charge in [-0.05, 0) is 36.4 Å². The number of carbonyl (C=O) groups is 1. The van der Waals surface area contributed by atoms with E-state index < -0.39 is 0 Å². The number of carbonyl (C=O) groups excluding carboxylic acids is 1. The molecule has 1 aromatic heterocycles. The molecule has 0 bridgehead atoms. The van der Waals surface area contributed by atoms with Crippen LogP contribution < -0.4 is 5.32 Å². The van der Waals surface area contributed by atoms with E-state index in [0.29, 0.717) is 11.5 Å². The second-order valence-corrected chi connectivity index (χ2v) is 5.74. The zero-order chi connectivity index (χ0) is 17.8. The van der Waals surface area contributed by atoms with Crippen molar-refractivity contribution in [3.05, 3.63) is 90.5 Å². The lowest BCUT2D eigenvalue weighted by atomic mass is 10.2. The zero-order valence-corrected chi connectivity index (χ0v) is 13.9. The molecule has 0 atom stereocenters. The summed E-state index contributed by atoms with van der Waals surface area (Å²) in [5.74, 6) is 1.25. The van der Waals surface area contributed by atoms with Crippen molar-refractivity contribution >= 4 is 17.9 Å². The first kappa shape index (κ1) is 15.8. The van der Waals surface area contributed by atoms with Crippen LogP contribution in [0.1, 0.15) is 10.4 Å². The quantitative estimate of drug-likeness (QED) is 0.544. The Morgan fingerprint density at radius 1 is 0.808 bits per heavy atom. The standard InChI is InChI=1S/C21H16N4O/c26-15-16-11-13-18(14-12-16)22-21-23-20(17-7-3-1-4-8-17)25(24-21)19-9-5-2-6-10-19/h1-15H,(H,22,24). The number of nitrogens with one attached hydrogen (secondary N) is 1. The average Bonchev–Trinajstić information content (AvgIpc) is 3.14. The van der Waals surface area contributed by atoms with Gasteiger partial charge in [-0.15, -0.1) is 5.10 Å². The van der Waals surface area contributed by atoms with Crippen molar-refractivity contribution in [2.45, 2.75) is 0 Å². The molecule has 0 unspecified atom stereocenters. The maximum Gasteiger partial charge on any atom is 0.247 e. The van der Waals surface area contributed by atoms with Crippen LogP contribution >= 0.6 is 0 Å². The molecule has 4 aromatic rings. The fourth-order valence-corrected chi connectivity index (χ4v) is 2.66. The molecule has 126 valence electrons. The third-order valence-corrected chi connectivity index (χ3v) is 3.94. The van der Waals surface area contributed by atoms with Gasteiger partial charge in [0.1, 0.15) is 6.29 Å². The Hall–Kier alpha value is -3.73. The number of aldehydes is 1. The molecule has 0 saturated carbocycles. The van der Waals surface area contributed by atoms with E-state index in [2.05, 4.69) is 15.4 Å². The van der Waals surface area contributed by atoms with Crippen LogP contribution in [0.15, 0.2) is 84.9 Å². The maximum atomic E-state index is 10.8. The van der Waals surface area contributed by atoms with Crippen molar-refractivity contribution in [1.82, 2.24) is 14.8 Å². The molecular formula is C21H16N4O. The van der Waals surface area contributed by atoms with Gasteiger partial charge >= 0.3 is 0 Å². The van der Waals surface area contributed by atoms with Crippen LogP contribution in [0.25, 0.3) is 17.1 Å². The summed E-state index contributed by atoms with van der Waals surface area (Å²) in [6.07, 6.45) is 0.819. The topological polar surface area (TPSA) is 59.8 Å². The maximum absolute atomic E-state index is 10.8. The van der Waals surface area contributed by atoms with Crippen LogP contribution in [0.4, 0.5) is 11.6 Å². The Morgan fingerprint density at radius 3 is 2.12 bits per heavy atom. The predicted molar refractivity (Wildman–Crippen MR) is 102 cm³/mol. The number of aromatic nitrogens is 3. The molecular weight excluding hydrogens is 324 g/mol. The highest BCUT2D eigenvalue weighted by molar-refractivity contribution is 5.76. The van der Waals surface area contributed by atoms with Crippen LogP contribution in [0.5, 0.6) is 0 Å². The highest BCUT2D eigenvalue weighted by atomic mass is 16.1. The largest absolute Gasteiger partial charge is 0.323 e. The molecule has 5 nitrogen and oxygen atoms in total. The first-order valence-electron chi connectivity index (χ1n) is 8.24. The Kier molecular flexibility index (Phi) is 4.26. The second kappa shape index (κ2) is 7.03. The molecule has 0 saturated heterocycles. The summed E-state index contributed by atoms with van der Waals surface area (Å²) in [5.41, 5.74) is 3.36. The monoisotopic (exact) mass is 340 g/mol. The SMILES string of the molecule is O=Cc1ccc(Nc2nc(-c3ccccc3)n(-c3ccccc3)n2)cc1. The van der Waals surface area contributed by atoms with E-state index in [-0.39, 0.29) is 0 Å². The van der Waals surface area contributed by atoms with Crippen molar-refractivity contribution in [2.24, 2.45) is 0 Å². The van der Waals surface area contributed by atoms with E-state index in [0.717, 1.165) is 29.0 Å². The number of hydrogen-bond acceptors (Lipinski definition) is 4. The lowest BCUT2D eigenvalue weighted by Gasteiger charge is -2.05. The van der Waals surface area contributed by atoms with Gasteiger partial charge in [-0.25, -0.2) is 4.68 Å². The van der Waals surface area contributed by atoms with Crippen LogP contribution in [-0.4, -0.2) is 21.1 Å². The molecule has 0 aliphatic carbocycles. The number of anilines is 2. The molecule has 0 aliphatic heterocycles. The number of para-hydroxylation sites is 1. The molecule has 0 spiro atoms. The molecule has 0 radical (unpaired) electrons. The van der Waals surface area contributed by atoms with Crippen LogP contribution in [0.2, 0.25) is 0 Å². The third-order valence-electron chi connectivity index (χ3n) is 3.94. The van der Waals surface area contributed by atoms with Crippen molar-refractivity contribution < 1.29 is 4.79 Å². The van der Waals surface area contributed by atoms with E-state index in [1.165, 1.54) is 0 Å². The minimum atomic E-state index is 0.492. The summed E-state index contributed by atoms with van der Waals surface area (Å²) in [7, 11) is 0. The average molecular weight is 340 g/mol. The van der Waals surface area contributed by atoms with Crippen LogP contribution in [-0.2, 0) is 0 Å². The summed E-state index contributed by atoms with van der Waals surface area (Å²) < 4.78 is 1.82. The van der Waals surface area contributed by atoms with Crippen molar-refractivity contribution in [3.63, 3.8) is 0 Å². The summed E-state index contributed by atoms with van der Waals surface area (Å²) in [4.78, 5) is 15.5. The molecule has 1 N–H and O–H groups in total. The van der Waals surface area contributed by atoms with E-state index in [4.69, 9.17) is 0 Å². The lowest BCUT2D eigenvalue weighted by molar-refractivity contribution is 0.112. The Labute approximate surface area is 151 Å². The molecule has 0 fully saturated rings. The molecule has 26 heavy (non-hydrogen) atoms. The van der Waals surface area contributed by atoms with Crippen molar-refractivity contribution in [3.8, 4) is 17.1 Å². The van der Waals surface area contributed by atoms with Gasteiger partial charge in [0.2, 0.25) is 5.95 Å². The molecule has 0 aliphatic rings. The van der Waals surface area contributed by atoms with Crippen LogP contribution in [0, 0.1) is 0 Å². The first-order chi connectivity index (χ1) is 12.8. The lowest BCUT2D eigenvalue weighted by Crippen LogP contribution is -1.99. The highest BCUT2D eigenvalue weighted by Crippen LogP contribution is 2.24. The van der Waals surface area contributed by atoms with Gasteiger partial charge in [-0.3, -0.25) is 4.79 Å². The number of hydrogen-bond donors (Lipinski definition) is 1. The summed E-state index contributed by atoms with van der Waals surface area (Å²) in [5, 5.41) is 7.82. The molecule has 5 heteroatoms. The van der Waals surface area contributed by atoms with E-state index in [1.54, 1.807) is 12.1 Å². The Bertz CT molecular complexity index is 952.